The van der Waals surface area contributed by atoms with Crippen molar-refractivity contribution >= 4 is 28.8 Å². The van der Waals surface area contributed by atoms with Crippen LogP contribution in [-0.2, 0) is 6.18 Å². The molecule has 0 aliphatic rings. The normalized spacial score (nSPS) is 12.3. The first-order valence-corrected chi connectivity index (χ1v) is 9.52. The molecule has 0 saturated carbocycles. The van der Waals surface area contributed by atoms with E-state index in [1.807, 2.05) is 0 Å². The lowest BCUT2D eigenvalue weighted by Crippen LogP contribution is -2.19. The molecule has 5 nitrogen and oxygen atoms in total. The number of hydrogen-bond acceptors (Lipinski definition) is 5. The number of benzene rings is 3. The Balaban J connectivity index is 1.92. The number of anilines is 2. The number of carbonyl (C=O) groups is 1. The smallest absolute Gasteiger partial charge is 0.378 e. The highest BCUT2D eigenvalue weighted by Gasteiger charge is 2.35. The zero-order valence-corrected chi connectivity index (χ0v) is 16.7. The predicted molar refractivity (Wildman–Crippen MR) is 111 cm³/mol. The summed E-state index contributed by atoms with van der Waals surface area (Å²) >= 11 is 5.86. The maximum absolute atomic E-state index is 13.4. The lowest BCUT2D eigenvalue weighted by molar-refractivity contribution is -0.138. The van der Waals surface area contributed by atoms with Crippen LogP contribution < -0.4 is 10.5 Å². The minimum absolute atomic E-state index is 0.0269. The van der Waals surface area contributed by atoms with Crippen LogP contribution in [0.5, 0.6) is 0 Å². The van der Waals surface area contributed by atoms with Crippen LogP contribution in [0.25, 0.3) is 0 Å². The SMILES string of the molecule is O=C(CC(Nc1ccc(N(O)O)c(C(F)(F)F)c1)c1ccccc1)c1ccc(Cl)cc1. The fourth-order valence-electron chi connectivity index (χ4n) is 3.11. The molecule has 0 aromatic heterocycles. The molecule has 3 N–H and O–H groups in total. The van der Waals surface area contributed by atoms with Crippen LogP contribution in [-0.4, -0.2) is 16.2 Å². The summed E-state index contributed by atoms with van der Waals surface area (Å²) in [5.74, 6) is -0.220. The largest absolute Gasteiger partial charge is 0.418 e. The Morgan fingerprint density at radius 3 is 2.23 bits per heavy atom. The Labute approximate surface area is 181 Å². The fourth-order valence-corrected chi connectivity index (χ4v) is 3.23. The lowest BCUT2D eigenvalue weighted by Gasteiger charge is -2.22. The highest BCUT2D eigenvalue weighted by Crippen LogP contribution is 2.38. The number of Topliss-reactive ketones (excluding diaryl/α,β-unsaturated/α-hetero) is 1. The summed E-state index contributed by atoms with van der Waals surface area (Å²) in [4.78, 5) is 12.8. The Kier molecular flexibility index (Phi) is 6.84. The average molecular weight is 451 g/mol. The van der Waals surface area contributed by atoms with Crippen molar-refractivity contribution in [1.82, 2.24) is 0 Å². The van der Waals surface area contributed by atoms with Gasteiger partial charge in [0.2, 0.25) is 0 Å². The van der Waals surface area contributed by atoms with Gasteiger partial charge in [-0.25, -0.2) is 0 Å². The number of alkyl halides is 3. The molecule has 0 aliphatic carbocycles. The van der Waals surface area contributed by atoms with E-state index in [-0.39, 0.29) is 17.9 Å². The van der Waals surface area contributed by atoms with Crippen LogP contribution in [0.3, 0.4) is 0 Å². The molecule has 0 aliphatic heterocycles. The molecule has 9 heteroatoms. The molecule has 3 aromatic rings. The Bertz CT molecular complexity index is 1040. The molecule has 3 aromatic carbocycles. The molecule has 3 rings (SSSR count). The molecule has 0 bridgehead atoms. The van der Waals surface area contributed by atoms with E-state index in [1.165, 1.54) is 6.07 Å². The maximum atomic E-state index is 13.4. The van der Waals surface area contributed by atoms with E-state index >= 15 is 0 Å². The van der Waals surface area contributed by atoms with Crippen molar-refractivity contribution < 1.29 is 28.4 Å². The third kappa shape index (κ3) is 5.75. The predicted octanol–water partition coefficient (Wildman–Crippen LogP) is 6.37. The van der Waals surface area contributed by atoms with Crippen molar-refractivity contribution in [1.29, 1.82) is 0 Å². The first-order chi connectivity index (χ1) is 14.6. The van der Waals surface area contributed by atoms with E-state index in [9.17, 15) is 18.0 Å². The standard InChI is InChI=1S/C22H18ClF3N2O3/c23-16-8-6-15(7-9-16)21(29)13-19(14-4-2-1-3-5-14)27-17-10-11-20(28(30)31)18(12-17)22(24,25)26/h1-12,19,27,30-31H,13H2. The number of rotatable bonds is 7. The molecule has 0 radical (unpaired) electrons. The number of nitrogens with zero attached hydrogens (tertiary/aromatic N) is 1. The lowest BCUT2D eigenvalue weighted by atomic mass is 9.97. The molecule has 0 heterocycles. The summed E-state index contributed by atoms with van der Waals surface area (Å²) < 4.78 is 40.1. The Morgan fingerprint density at radius 2 is 1.65 bits per heavy atom. The third-order valence-corrected chi connectivity index (χ3v) is 4.87. The number of nitrogens with one attached hydrogen (secondary N) is 1. The van der Waals surface area contributed by atoms with Gasteiger partial charge in [-0.2, -0.15) is 13.2 Å². The van der Waals surface area contributed by atoms with Crippen LogP contribution in [0.15, 0.2) is 72.8 Å². The topological polar surface area (TPSA) is 72.8 Å². The van der Waals surface area contributed by atoms with Gasteiger partial charge in [0.15, 0.2) is 5.78 Å². The summed E-state index contributed by atoms with van der Waals surface area (Å²) in [5, 5.41) is 21.1. The monoisotopic (exact) mass is 450 g/mol. The van der Waals surface area contributed by atoms with Gasteiger partial charge >= 0.3 is 6.18 Å². The second kappa shape index (κ2) is 9.38. The van der Waals surface area contributed by atoms with Gasteiger partial charge in [-0.05, 0) is 48.0 Å². The maximum Gasteiger partial charge on any atom is 0.418 e. The molecule has 1 atom stereocenters. The van der Waals surface area contributed by atoms with Gasteiger partial charge in [-0.1, -0.05) is 41.9 Å². The van der Waals surface area contributed by atoms with Crippen molar-refractivity contribution in [2.75, 3.05) is 10.5 Å². The summed E-state index contributed by atoms with van der Waals surface area (Å²) in [7, 11) is 0. The number of ketones is 1. The number of carbonyl (C=O) groups excluding carboxylic acids is 1. The minimum Gasteiger partial charge on any atom is -0.378 e. The molecule has 31 heavy (non-hydrogen) atoms. The molecule has 162 valence electrons. The Morgan fingerprint density at radius 1 is 1.00 bits per heavy atom. The van der Waals surface area contributed by atoms with E-state index < -0.39 is 28.7 Å². The van der Waals surface area contributed by atoms with E-state index in [2.05, 4.69) is 5.32 Å². The summed E-state index contributed by atoms with van der Waals surface area (Å²) in [6.07, 6.45) is -4.85. The summed E-state index contributed by atoms with van der Waals surface area (Å²) in [5.41, 5.74) is -0.858. The van der Waals surface area contributed by atoms with E-state index in [0.29, 0.717) is 16.1 Å². The zero-order valence-electron chi connectivity index (χ0n) is 16.0. The van der Waals surface area contributed by atoms with Crippen molar-refractivity contribution in [2.45, 2.75) is 18.6 Å². The van der Waals surface area contributed by atoms with Gasteiger partial charge in [0.05, 0.1) is 11.6 Å². The first-order valence-electron chi connectivity index (χ1n) is 9.14. The zero-order chi connectivity index (χ0) is 22.6. The first kappa shape index (κ1) is 22.6. The number of halogens is 4. The van der Waals surface area contributed by atoms with E-state index in [0.717, 1.165) is 12.1 Å². The van der Waals surface area contributed by atoms with Crippen LogP contribution in [0, 0.1) is 0 Å². The highest BCUT2D eigenvalue weighted by molar-refractivity contribution is 6.30. The number of hydrogen-bond donors (Lipinski definition) is 3. The average Bonchev–Trinajstić information content (AvgIpc) is 2.73. The molecule has 0 fully saturated rings. The summed E-state index contributed by atoms with van der Waals surface area (Å²) in [6, 6.07) is 17.5. The van der Waals surface area contributed by atoms with Crippen LogP contribution >= 0.6 is 11.6 Å². The van der Waals surface area contributed by atoms with Crippen molar-refractivity contribution in [3.05, 3.63) is 94.5 Å². The second-order valence-corrected chi connectivity index (χ2v) is 7.20. The van der Waals surface area contributed by atoms with Crippen molar-refractivity contribution in [3.8, 4) is 0 Å². The highest BCUT2D eigenvalue weighted by atomic mass is 35.5. The van der Waals surface area contributed by atoms with Gasteiger partial charge in [-0.15, -0.1) is 5.23 Å². The van der Waals surface area contributed by atoms with E-state index in [1.54, 1.807) is 54.6 Å². The molecule has 0 saturated heterocycles. The molecule has 0 spiro atoms. The molecular formula is C22H18ClF3N2O3. The second-order valence-electron chi connectivity index (χ2n) is 6.76. The van der Waals surface area contributed by atoms with Crippen LogP contribution in [0.2, 0.25) is 5.02 Å². The van der Waals surface area contributed by atoms with E-state index in [4.69, 9.17) is 22.0 Å². The van der Waals surface area contributed by atoms with Crippen LogP contribution in [0.1, 0.15) is 33.9 Å². The van der Waals surface area contributed by atoms with Gasteiger partial charge in [0, 0.05) is 22.7 Å². The minimum atomic E-state index is -4.82. The Hall–Kier alpha value is -3.07. The van der Waals surface area contributed by atoms with Crippen molar-refractivity contribution in [3.63, 3.8) is 0 Å². The van der Waals surface area contributed by atoms with Crippen molar-refractivity contribution in [2.24, 2.45) is 0 Å². The molecular weight excluding hydrogens is 433 g/mol. The summed E-state index contributed by atoms with van der Waals surface area (Å²) in [6.45, 7) is 0. The van der Waals surface area contributed by atoms with Gasteiger partial charge in [0.25, 0.3) is 0 Å². The van der Waals surface area contributed by atoms with Crippen LogP contribution in [0.4, 0.5) is 24.5 Å². The quantitative estimate of drug-likeness (QED) is 0.288. The van der Waals surface area contributed by atoms with Gasteiger partial charge in [-0.3, -0.25) is 15.2 Å². The fraction of sp³-hybridized carbons (Fsp3) is 0.136. The van der Waals surface area contributed by atoms with Gasteiger partial charge in [0.1, 0.15) is 5.69 Å². The molecule has 0 amide bonds. The third-order valence-electron chi connectivity index (χ3n) is 4.62. The molecule has 1 unspecified atom stereocenters. The van der Waals surface area contributed by atoms with Gasteiger partial charge < -0.3 is 5.32 Å².